The van der Waals surface area contributed by atoms with Gasteiger partial charge < -0.3 is 5.11 Å². The van der Waals surface area contributed by atoms with E-state index in [9.17, 15) is 9.50 Å². The quantitative estimate of drug-likeness (QED) is 0.627. The summed E-state index contributed by atoms with van der Waals surface area (Å²) in [7, 11) is 0. The fourth-order valence-corrected chi connectivity index (χ4v) is 4.28. The number of halogens is 1. The number of aromatic amines is 1. The van der Waals surface area contributed by atoms with Crippen LogP contribution in [-0.4, -0.2) is 57.4 Å². The summed E-state index contributed by atoms with van der Waals surface area (Å²) in [5.74, 6) is -0.239. The normalized spacial score (nSPS) is 18.0. The molecule has 2 aromatic carbocycles. The first-order valence-electron chi connectivity index (χ1n) is 10.5. The summed E-state index contributed by atoms with van der Waals surface area (Å²) in [6.07, 6.45) is 2.62. The van der Waals surface area contributed by atoms with E-state index in [0.29, 0.717) is 6.04 Å². The zero-order chi connectivity index (χ0) is 20.9. The van der Waals surface area contributed by atoms with Crippen molar-refractivity contribution in [1.82, 2.24) is 20.0 Å². The lowest BCUT2D eigenvalue weighted by molar-refractivity contribution is 0.0499. The number of piperazine rings is 1. The second-order valence-corrected chi connectivity index (χ2v) is 8.08. The van der Waals surface area contributed by atoms with Gasteiger partial charge in [-0.1, -0.05) is 24.3 Å². The van der Waals surface area contributed by atoms with E-state index in [0.717, 1.165) is 56.0 Å². The van der Waals surface area contributed by atoms with E-state index >= 15 is 0 Å². The van der Waals surface area contributed by atoms with Gasteiger partial charge in [0.1, 0.15) is 5.82 Å². The Morgan fingerprint density at radius 2 is 1.87 bits per heavy atom. The van der Waals surface area contributed by atoms with Crippen molar-refractivity contribution >= 4 is 0 Å². The number of hydrogen-bond acceptors (Lipinski definition) is 4. The molecule has 0 aliphatic carbocycles. The van der Waals surface area contributed by atoms with Gasteiger partial charge in [0.25, 0.3) is 0 Å². The van der Waals surface area contributed by atoms with Crippen LogP contribution in [0.5, 0.6) is 0 Å². The molecule has 2 heterocycles. The molecule has 0 saturated carbocycles. The maximum Gasteiger partial charge on any atom is 0.123 e. The van der Waals surface area contributed by atoms with Gasteiger partial charge in [0.15, 0.2) is 0 Å². The van der Waals surface area contributed by atoms with E-state index in [1.165, 1.54) is 23.3 Å². The summed E-state index contributed by atoms with van der Waals surface area (Å²) >= 11 is 0. The summed E-state index contributed by atoms with van der Waals surface area (Å²) < 4.78 is 13.3. The van der Waals surface area contributed by atoms with Crippen LogP contribution in [0.2, 0.25) is 0 Å². The van der Waals surface area contributed by atoms with Gasteiger partial charge in [0.2, 0.25) is 0 Å². The number of rotatable bonds is 7. The Hall–Kier alpha value is -2.54. The van der Waals surface area contributed by atoms with Gasteiger partial charge in [0.05, 0.1) is 11.9 Å². The minimum Gasteiger partial charge on any atom is -0.396 e. The first kappa shape index (κ1) is 20.7. The van der Waals surface area contributed by atoms with Gasteiger partial charge in [-0.15, -0.1) is 0 Å². The number of hydrogen-bond donors (Lipinski definition) is 2. The minimum atomic E-state index is -0.239. The molecule has 0 amide bonds. The van der Waals surface area contributed by atoms with Gasteiger partial charge in [-0.05, 0) is 48.7 Å². The highest BCUT2D eigenvalue weighted by molar-refractivity contribution is 5.62. The molecular weight excluding hydrogens is 379 g/mol. The summed E-state index contributed by atoms with van der Waals surface area (Å²) in [5.41, 5.74) is 5.65. The largest absolute Gasteiger partial charge is 0.396 e. The molecule has 1 aromatic heterocycles. The van der Waals surface area contributed by atoms with Gasteiger partial charge in [-0.3, -0.25) is 14.9 Å². The summed E-state index contributed by atoms with van der Waals surface area (Å²) in [4.78, 5) is 4.91. The Balaban J connectivity index is 1.44. The number of nitrogens with zero attached hydrogens (tertiary/aromatic N) is 3. The molecule has 1 fully saturated rings. The topological polar surface area (TPSA) is 55.4 Å². The SMILES string of the molecule is Cc1ccccc1CN1CCN(Cc2cn[nH]c2-c2ccc(F)cc2)C[C@H]1CCO. The van der Waals surface area contributed by atoms with Gasteiger partial charge in [0, 0.05) is 56.5 Å². The molecule has 158 valence electrons. The van der Waals surface area contributed by atoms with Crippen molar-refractivity contribution in [3.63, 3.8) is 0 Å². The number of aromatic nitrogens is 2. The van der Waals surface area contributed by atoms with Crippen molar-refractivity contribution in [3.8, 4) is 11.3 Å². The number of H-pyrrole nitrogens is 1. The van der Waals surface area contributed by atoms with E-state index in [1.54, 1.807) is 12.1 Å². The zero-order valence-electron chi connectivity index (χ0n) is 17.4. The Labute approximate surface area is 177 Å². The molecule has 1 aliphatic rings. The van der Waals surface area contributed by atoms with Crippen LogP contribution in [-0.2, 0) is 13.1 Å². The summed E-state index contributed by atoms with van der Waals surface area (Å²) in [6.45, 7) is 6.87. The van der Waals surface area contributed by atoms with Gasteiger partial charge in [-0.2, -0.15) is 5.10 Å². The van der Waals surface area contributed by atoms with Crippen molar-refractivity contribution in [3.05, 3.63) is 77.2 Å². The van der Waals surface area contributed by atoms with Crippen LogP contribution in [0.1, 0.15) is 23.1 Å². The van der Waals surface area contributed by atoms with E-state index in [4.69, 9.17) is 0 Å². The minimum absolute atomic E-state index is 0.190. The lowest BCUT2D eigenvalue weighted by Gasteiger charge is -2.41. The first-order valence-corrected chi connectivity index (χ1v) is 10.5. The molecule has 0 bridgehead atoms. The number of aryl methyl sites for hydroxylation is 1. The number of aliphatic hydroxyl groups excluding tert-OH is 1. The molecule has 5 nitrogen and oxygen atoms in total. The molecule has 0 unspecified atom stereocenters. The third kappa shape index (κ3) is 4.78. The van der Waals surface area contributed by atoms with Gasteiger partial charge >= 0.3 is 0 Å². The maximum absolute atomic E-state index is 13.3. The second kappa shape index (κ2) is 9.51. The standard InChI is InChI=1S/C24H29FN4O/c1-18-4-2-3-5-20(18)16-29-12-11-28(17-23(29)10-13-30)15-21-14-26-27-24(21)19-6-8-22(25)9-7-19/h2-9,14,23,30H,10-13,15-17H2,1H3,(H,26,27)/t23-/m1/s1. The molecular formula is C24H29FN4O. The molecule has 6 heteroatoms. The van der Waals surface area contributed by atoms with Crippen LogP contribution in [0.15, 0.2) is 54.7 Å². The molecule has 0 spiro atoms. The monoisotopic (exact) mass is 408 g/mol. The Morgan fingerprint density at radius 3 is 2.63 bits per heavy atom. The van der Waals surface area contributed by atoms with Crippen LogP contribution in [0, 0.1) is 12.7 Å². The van der Waals surface area contributed by atoms with Crippen LogP contribution in [0.25, 0.3) is 11.3 Å². The number of nitrogens with one attached hydrogen (secondary N) is 1. The van der Waals surface area contributed by atoms with Crippen molar-refractivity contribution in [1.29, 1.82) is 0 Å². The van der Waals surface area contributed by atoms with Crippen molar-refractivity contribution < 1.29 is 9.50 Å². The fourth-order valence-electron chi connectivity index (χ4n) is 4.28. The highest BCUT2D eigenvalue weighted by atomic mass is 19.1. The Morgan fingerprint density at radius 1 is 1.07 bits per heavy atom. The highest BCUT2D eigenvalue weighted by Crippen LogP contribution is 2.25. The third-order valence-electron chi connectivity index (χ3n) is 6.03. The van der Waals surface area contributed by atoms with E-state index in [2.05, 4.69) is 51.2 Å². The predicted octanol–water partition coefficient (Wildman–Crippen LogP) is 3.59. The summed E-state index contributed by atoms with van der Waals surface area (Å²) in [5, 5.41) is 16.9. The number of aliphatic hydroxyl groups is 1. The molecule has 30 heavy (non-hydrogen) atoms. The maximum atomic E-state index is 13.3. The lowest BCUT2D eigenvalue weighted by Crippen LogP contribution is -2.52. The van der Waals surface area contributed by atoms with Crippen LogP contribution in [0.3, 0.4) is 0 Å². The van der Waals surface area contributed by atoms with Crippen molar-refractivity contribution in [2.45, 2.75) is 32.5 Å². The fraction of sp³-hybridized carbons (Fsp3) is 0.375. The highest BCUT2D eigenvalue weighted by Gasteiger charge is 2.27. The van der Waals surface area contributed by atoms with Crippen LogP contribution in [0.4, 0.5) is 4.39 Å². The van der Waals surface area contributed by atoms with Crippen LogP contribution >= 0.6 is 0 Å². The predicted molar refractivity (Wildman–Crippen MR) is 116 cm³/mol. The average Bonchev–Trinajstić information content (AvgIpc) is 3.20. The van der Waals surface area contributed by atoms with Crippen molar-refractivity contribution in [2.75, 3.05) is 26.2 Å². The van der Waals surface area contributed by atoms with E-state index < -0.39 is 0 Å². The molecule has 1 saturated heterocycles. The smallest absolute Gasteiger partial charge is 0.123 e. The Bertz CT molecular complexity index is 956. The molecule has 4 rings (SSSR count). The molecule has 0 radical (unpaired) electrons. The Kier molecular flexibility index (Phi) is 6.57. The molecule has 1 atom stereocenters. The average molecular weight is 409 g/mol. The third-order valence-corrected chi connectivity index (χ3v) is 6.03. The van der Waals surface area contributed by atoms with Crippen molar-refractivity contribution in [2.24, 2.45) is 0 Å². The van der Waals surface area contributed by atoms with E-state index in [-0.39, 0.29) is 12.4 Å². The lowest BCUT2D eigenvalue weighted by atomic mass is 10.0. The first-order chi connectivity index (χ1) is 14.6. The molecule has 3 aromatic rings. The molecule has 1 aliphatic heterocycles. The summed E-state index contributed by atoms with van der Waals surface area (Å²) in [6, 6.07) is 15.3. The number of benzene rings is 2. The second-order valence-electron chi connectivity index (χ2n) is 8.08. The molecule has 2 N–H and O–H groups in total. The van der Waals surface area contributed by atoms with E-state index in [1.807, 2.05) is 6.20 Å². The zero-order valence-corrected chi connectivity index (χ0v) is 17.4. The van der Waals surface area contributed by atoms with Crippen LogP contribution < -0.4 is 0 Å². The van der Waals surface area contributed by atoms with Gasteiger partial charge in [-0.25, -0.2) is 4.39 Å².